The van der Waals surface area contributed by atoms with Crippen molar-refractivity contribution >= 4 is 65.6 Å². The minimum Gasteiger partial charge on any atom is -0.497 e. The zero-order chi connectivity index (χ0) is 26.0. The standard InChI is InChI=1S/C24H29ClN4O5S3/c1-33-17-5-6-20-18(16-17)26-24(35-20)28(10-3-9-27-12-14-34-15-13-27)23(30)19-4-2-11-29(19)37(31,32)22-8-7-21(25)36-22/h5-8,16,19H,2-4,9-15H2,1H3. The van der Waals surface area contributed by atoms with E-state index in [2.05, 4.69) is 4.90 Å². The Kier molecular flexibility index (Phi) is 8.34. The van der Waals surface area contributed by atoms with Gasteiger partial charge in [0.1, 0.15) is 16.0 Å². The number of thiophene rings is 1. The van der Waals surface area contributed by atoms with Crippen LogP contribution in [0.25, 0.3) is 10.2 Å². The number of sulfonamides is 1. The van der Waals surface area contributed by atoms with Gasteiger partial charge in [-0.25, -0.2) is 13.4 Å². The van der Waals surface area contributed by atoms with E-state index in [9.17, 15) is 13.2 Å². The van der Waals surface area contributed by atoms with Crippen LogP contribution >= 0.6 is 34.3 Å². The Morgan fingerprint density at radius 1 is 1.22 bits per heavy atom. The maximum absolute atomic E-state index is 14.0. The number of amides is 1. The molecule has 37 heavy (non-hydrogen) atoms. The third kappa shape index (κ3) is 5.80. The average molecular weight is 585 g/mol. The molecule has 0 spiro atoms. The first kappa shape index (κ1) is 26.8. The first-order valence-corrected chi connectivity index (χ1v) is 15.6. The number of benzene rings is 1. The van der Waals surface area contributed by atoms with E-state index in [0.29, 0.717) is 54.4 Å². The Labute approximate surface area is 229 Å². The fourth-order valence-electron chi connectivity index (χ4n) is 4.72. The smallest absolute Gasteiger partial charge is 0.253 e. The molecule has 200 valence electrons. The van der Waals surface area contributed by atoms with Gasteiger partial charge in [-0.1, -0.05) is 22.9 Å². The van der Waals surface area contributed by atoms with Crippen molar-refractivity contribution in [1.29, 1.82) is 0 Å². The fourth-order valence-corrected chi connectivity index (χ4v) is 8.96. The fraction of sp³-hybridized carbons (Fsp3) is 0.500. The Morgan fingerprint density at radius 2 is 2.03 bits per heavy atom. The molecule has 1 unspecified atom stereocenters. The highest BCUT2D eigenvalue weighted by atomic mass is 35.5. The van der Waals surface area contributed by atoms with Gasteiger partial charge in [0, 0.05) is 38.8 Å². The van der Waals surface area contributed by atoms with Crippen LogP contribution in [0.4, 0.5) is 5.13 Å². The number of aromatic nitrogens is 1. The number of thiazole rings is 1. The zero-order valence-electron chi connectivity index (χ0n) is 20.5. The Bertz CT molecular complexity index is 1360. The second-order valence-electron chi connectivity index (χ2n) is 8.96. The summed E-state index contributed by atoms with van der Waals surface area (Å²) >= 11 is 8.45. The van der Waals surface area contributed by atoms with Crippen molar-refractivity contribution in [1.82, 2.24) is 14.2 Å². The minimum absolute atomic E-state index is 0.156. The predicted molar refractivity (Wildman–Crippen MR) is 147 cm³/mol. The largest absolute Gasteiger partial charge is 0.497 e. The molecule has 3 aromatic rings. The second-order valence-corrected chi connectivity index (χ2v) is 13.8. The van der Waals surface area contributed by atoms with E-state index in [4.69, 9.17) is 26.1 Å². The van der Waals surface area contributed by atoms with Gasteiger partial charge in [-0.3, -0.25) is 14.6 Å². The SMILES string of the molecule is COc1ccc2sc(N(CCCN3CCOCC3)C(=O)C3CCCN3S(=O)(=O)c3ccc(Cl)s3)nc2c1. The lowest BCUT2D eigenvalue weighted by Gasteiger charge is -2.30. The summed E-state index contributed by atoms with van der Waals surface area (Å²) in [5, 5.41) is 0.568. The number of fused-ring (bicyclic) bond motifs is 1. The number of ether oxygens (including phenoxy) is 2. The van der Waals surface area contributed by atoms with Gasteiger partial charge in [0.05, 0.1) is 34.9 Å². The number of carbonyl (C=O) groups is 1. The summed E-state index contributed by atoms with van der Waals surface area (Å²) in [6.45, 7) is 4.73. The molecule has 0 bridgehead atoms. The summed E-state index contributed by atoms with van der Waals surface area (Å²) in [6.07, 6.45) is 1.83. The number of rotatable bonds is 9. The molecule has 1 atom stereocenters. The second kappa shape index (κ2) is 11.5. The van der Waals surface area contributed by atoms with E-state index in [0.717, 1.165) is 47.6 Å². The zero-order valence-corrected chi connectivity index (χ0v) is 23.7. The third-order valence-corrected chi connectivity index (χ3v) is 11.3. The molecule has 2 aliphatic rings. The summed E-state index contributed by atoms with van der Waals surface area (Å²) in [6, 6.07) is 7.93. The topological polar surface area (TPSA) is 92.3 Å². The summed E-state index contributed by atoms with van der Waals surface area (Å²) < 4.78 is 40.4. The first-order chi connectivity index (χ1) is 17.9. The molecular formula is C24H29ClN4O5S3. The number of anilines is 1. The van der Waals surface area contributed by atoms with Crippen LogP contribution in [0.2, 0.25) is 4.34 Å². The van der Waals surface area contributed by atoms with E-state index in [1.807, 2.05) is 18.2 Å². The lowest BCUT2D eigenvalue weighted by atomic mass is 10.2. The van der Waals surface area contributed by atoms with Crippen molar-refractivity contribution in [2.75, 3.05) is 57.9 Å². The van der Waals surface area contributed by atoms with Crippen LogP contribution in [0.15, 0.2) is 34.5 Å². The molecule has 5 rings (SSSR count). The monoisotopic (exact) mass is 584 g/mol. The number of nitrogens with zero attached hydrogens (tertiary/aromatic N) is 4. The van der Waals surface area contributed by atoms with Gasteiger partial charge < -0.3 is 9.47 Å². The van der Waals surface area contributed by atoms with Crippen molar-refractivity contribution in [3.8, 4) is 5.75 Å². The molecule has 0 N–H and O–H groups in total. The first-order valence-electron chi connectivity index (χ1n) is 12.2. The summed E-state index contributed by atoms with van der Waals surface area (Å²) in [4.78, 5) is 22.8. The highest BCUT2D eigenvalue weighted by molar-refractivity contribution is 7.91. The predicted octanol–water partition coefficient (Wildman–Crippen LogP) is 3.93. The van der Waals surface area contributed by atoms with Crippen LogP contribution in [-0.4, -0.2) is 87.6 Å². The maximum Gasteiger partial charge on any atom is 0.253 e. The van der Waals surface area contributed by atoms with Crippen LogP contribution in [0.3, 0.4) is 0 Å². The Balaban J connectivity index is 1.41. The maximum atomic E-state index is 14.0. The molecule has 2 saturated heterocycles. The van der Waals surface area contributed by atoms with Gasteiger partial charge >= 0.3 is 0 Å². The van der Waals surface area contributed by atoms with E-state index in [1.54, 1.807) is 18.1 Å². The van der Waals surface area contributed by atoms with E-state index < -0.39 is 16.1 Å². The van der Waals surface area contributed by atoms with Crippen LogP contribution in [0, 0.1) is 0 Å². The number of hydrogen-bond donors (Lipinski definition) is 0. The van der Waals surface area contributed by atoms with E-state index in [1.165, 1.54) is 21.7 Å². The quantitative estimate of drug-likeness (QED) is 0.376. The molecule has 0 radical (unpaired) electrons. The molecular weight excluding hydrogens is 556 g/mol. The molecule has 13 heteroatoms. The van der Waals surface area contributed by atoms with Crippen molar-refractivity contribution in [3.63, 3.8) is 0 Å². The molecule has 4 heterocycles. The molecule has 1 amide bonds. The molecule has 2 aromatic heterocycles. The summed E-state index contributed by atoms with van der Waals surface area (Å²) in [7, 11) is -2.23. The average Bonchev–Trinajstić information content (AvgIpc) is 3.66. The van der Waals surface area contributed by atoms with E-state index >= 15 is 0 Å². The van der Waals surface area contributed by atoms with Gasteiger partial charge in [-0.2, -0.15) is 4.31 Å². The van der Waals surface area contributed by atoms with Crippen molar-refractivity contribution in [2.45, 2.75) is 29.5 Å². The van der Waals surface area contributed by atoms with Crippen molar-refractivity contribution < 1.29 is 22.7 Å². The van der Waals surface area contributed by atoms with Crippen molar-refractivity contribution in [3.05, 3.63) is 34.7 Å². The Hall–Kier alpha value is -1.80. The molecule has 0 saturated carbocycles. The number of morpholine rings is 1. The number of carbonyl (C=O) groups excluding carboxylic acids is 1. The number of methoxy groups -OCH3 is 1. The van der Waals surface area contributed by atoms with Crippen molar-refractivity contribution in [2.24, 2.45) is 0 Å². The highest BCUT2D eigenvalue weighted by Gasteiger charge is 2.42. The number of hydrogen-bond acceptors (Lipinski definition) is 9. The summed E-state index contributed by atoms with van der Waals surface area (Å²) in [5.41, 5.74) is 0.745. The van der Waals surface area contributed by atoms with Gasteiger partial charge in [0.15, 0.2) is 5.13 Å². The minimum atomic E-state index is -3.83. The molecule has 1 aromatic carbocycles. The highest BCUT2D eigenvalue weighted by Crippen LogP contribution is 2.35. The molecule has 2 aliphatic heterocycles. The van der Waals surface area contributed by atoms with Gasteiger partial charge in [-0.05, 0) is 43.5 Å². The Morgan fingerprint density at radius 3 is 2.76 bits per heavy atom. The van der Waals surface area contributed by atoms with Crippen LogP contribution in [0.1, 0.15) is 19.3 Å². The van der Waals surface area contributed by atoms with Gasteiger partial charge in [-0.15, -0.1) is 11.3 Å². The van der Waals surface area contributed by atoms with Gasteiger partial charge in [0.2, 0.25) is 5.91 Å². The van der Waals surface area contributed by atoms with Crippen LogP contribution < -0.4 is 9.64 Å². The van der Waals surface area contributed by atoms with Crippen LogP contribution in [-0.2, 0) is 19.6 Å². The number of halogens is 1. The molecule has 0 aliphatic carbocycles. The van der Waals surface area contributed by atoms with Crippen LogP contribution in [0.5, 0.6) is 5.75 Å². The summed E-state index contributed by atoms with van der Waals surface area (Å²) in [5.74, 6) is 0.453. The third-order valence-electron chi connectivity index (χ3n) is 6.64. The lowest BCUT2D eigenvalue weighted by molar-refractivity contribution is -0.121. The molecule has 9 nitrogen and oxygen atoms in total. The normalized spacial score (nSPS) is 19.5. The van der Waals surface area contributed by atoms with Gasteiger partial charge in [0.25, 0.3) is 10.0 Å². The van der Waals surface area contributed by atoms with E-state index in [-0.39, 0.29) is 10.1 Å². The molecule has 2 fully saturated rings. The lowest BCUT2D eigenvalue weighted by Crippen LogP contribution is -2.48.